The zero-order chi connectivity index (χ0) is 6.69. The van der Waals surface area contributed by atoms with Crippen LogP contribution < -0.4 is 0 Å². The van der Waals surface area contributed by atoms with Crippen LogP contribution in [0, 0.1) is 6.07 Å². The number of benzene rings is 1. The molecule has 0 amide bonds. The third-order valence-corrected chi connectivity index (χ3v) is 0.965. The molecule has 0 saturated carbocycles. The molecule has 0 aromatic heterocycles. The molecular formula is C7H5O2W-. The summed E-state index contributed by atoms with van der Waals surface area (Å²) >= 11 is 0. The smallest absolute Gasteiger partial charge is 0.311 e. The maximum atomic E-state index is 10.2. The fourth-order valence-corrected chi connectivity index (χ4v) is 0.529. The number of carboxylic acid groups (broad SMARTS) is 1. The Morgan fingerprint density at radius 2 is 1.90 bits per heavy atom. The van der Waals surface area contributed by atoms with Gasteiger partial charge in [-0.05, 0) is 5.56 Å². The predicted molar refractivity (Wildman–Crippen MR) is 32.2 cm³/mol. The molecular weight excluding hydrogens is 300 g/mol. The number of hydrogen-bond donors (Lipinski definition) is 1. The van der Waals surface area contributed by atoms with Crippen LogP contribution >= 0.6 is 0 Å². The van der Waals surface area contributed by atoms with Crippen molar-refractivity contribution >= 4 is 5.97 Å². The van der Waals surface area contributed by atoms with Gasteiger partial charge in [-0.1, -0.05) is 0 Å². The minimum Gasteiger partial charge on any atom is -0.479 e. The Morgan fingerprint density at radius 1 is 1.40 bits per heavy atom. The molecule has 0 aliphatic carbocycles. The van der Waals surface area contributed by atoms with Crippen LogP contribution in [0.15, 0.2) is 24.3 Å². The molecule has 10 heavy (non-hydrogen) atoms. The van der Waals surface area contributed by atoms with Gasteiger partial charge in [-0.25, -0.2) is 4.79 Å². The van der Waals surface area contributed by atoms with Gasteiger partial charge in [0.2, 0.25) is 0 Å². The number of hydrogen-bond acceptors (Lipinski definition) is 1. The van der Waals surface area contributed by atoms with Crippen molar-refractivity contribution in [2.24, 2.45) is 0 Å². The monoisotopic (exact) mass is 305 g/mol. The van der Waals surface area contributed by atoms with Crippen molar-refractivity contribution in [2.45, 2.75) is 0 Å². The van der Waals surface area contributed by atoms with Crippen LogP contribution in [0.3, 0.4) is 0 Å². The fourth-order valence-electron chi connectivity index (χ4n) is 0.529. The molecule has 0 atom stereocenters. The zero-order valence-corrected chi connectivity index (χ0v) is 8.01. The largest absolute Gasteiger partial charge is 0.479 e. The molecule has 1 N–H and O–H groups in total. The van der Waals surface area contributed by atoms with Crippen molar-refractivity contribution in [3.63, 3.8) is 0 Å². The van der Waals surface area contributed by atoms with E-state index in [4.69, 9.17) is 5.11 Å². The summed E-state index contributed by atoms with van der Waals surface area (Å²) in [5.41, 5.74) is 0.300. The van der Waals surface area contributed by atoms with E-state index in [1.54, 1.807) is 12.1 Å². The summed E-state index contributed by atoms with van der Waals surface area (Å²) in [6.07, 6.45) is 0. The van der Waals surface area contributed by atoms with Crippen molar-refractivity contribution in [1.82, 2.24) is 0 Å². The van der Waals surface area contributed by atoms with E-state index < -0.39 is 5.97 Å². The van der Waals surface area contributed by atoms with E-state index in [1.165, 1.54) is 12.1 Å². The van der Waals surface area contributed by atoms with E-state index in [9.17, 15) is 4.79 Å². The van der Waals surface area contributed by atoms with E-state index in [0.717, 1.165) is 0 Å². The molecule has 3 heteroatoms. The van der Waals surface area contributed by atoms with E-state index in [2.05, 4.69) is 6.07 Å². The Hall–Kier alpha value is -0.622. The maximum Gasteiger partial charge on any atom is 0.311 e. The van der Waals surface area contributed by atoms with Crippen molar-refractivity contribution in [3.05, 3.63) is 35.9 Å². The van der Waals surface area contributed by atoms with Crippen LogP contribution in [0.25, 0.3) is 0 Å². The maximum absolute atomic E-state index is 10.2. The van der Waals surface area contributed by atoms with E-state index in [0.29, 0.717) is 5.56 Å². The second kappa shape index (κ2) is 4.23. The van der Waals surface area contributed by atoms with Crippen LogP contribution in [0.5, 0.6) is 0 Å². The minimum atomic E-state index is -0.899. The molecule has 1 aromatic rings. The van der Waals surface area contributed by atoms with Gasteiger partial charge in [-0.15, -0.1) is 0 Å². The summed E-state index contributed by atoms with van der Waals surface area (Å²) in [5, 5.41) is 8.37. The van der Waals surface area contributed by atoms with Gasteiger partial charge in [0.05, 0.1) is 0 Å². The van der Waals surface area contributed by atoms with Gasteiger partial charge in [-0.2, -0.15) is 30.3 Å². The standard InChI is InChI=1S/C7H5O2.W/c8-7(9)6-4-2-1-3-5-6;/h2-5H,(H,8,9);/q-1;. The molecule has 0 radical (unpaired) electrons. The van der Waals surface area contributed by atoms with Gasteiger partial charge in [0.1, 0.15) is 0 Å². The Bertz CT molecular complexity index is 208. The molecule has 0 aliphatic heterocycles. The molecule has 0 spiro atoms. The molecule has 2 nitrogen and oxygen atoms in total. The number of rotatable bonds is 1. The number of aromatic carboxylic acids is 1. The molecule has 0 aliphatic rings. The fraction of sp³-hybridized carbons (Fsp3) is 0. The molecule has 1 aromatic carbocycles. The van der Waals surface area contributed by atoms with Crippen LogP contribution in [0.1, 0.15) is 10.4 Å². The average Bonchev–Trinajstić information content (AvgIpc) is 1.90. The summed E-state index contributed by atoms with van der Waals surface area (Å²) in [5.74, 6) is -0.899. The molecule has 0 bridgehead atoms. The third kappa shape index (κ3) is 2.32. The first kappa shape index (κ1) is 9.38. The molecule has 0 saturated heterocycles. The first-order valence-corrected chi connectivity index (χ1v) is 2.50. The Kier molecular flexibility index (Phi) is 3.97. The Labute approximate surface area is 73.1 Å². The summed E-state index contributed by atoms with van der Waals surface area (Å²) < 4.78 is 0. The van der Waals surface area contributed by atoms with Gasteiger partial charge in [-0.3, -0.25) is 0 Å². The second-order valence-corrected chi connectivity index (χ2v) is 1.59. The van der Waals surface area contributed by atoms with Crippen LogP contribution in [-0.4, -0.2) is 11.1 Å². The van der Waals surface area contributed by atoms with Crippen molar-refractivity contribution in [2.75, 3.05) is 0 Å². The SMILES string of the molecule is O=C(O)c1cc[c-]cc1.[W]. The summed E-state index contributed by atoms with van der Waals surface area (Å²) in [6.45, 7) is 0. The molecule has 0 fully saturated rings. The van der Waals surface area contributed by atoms with Crippen LogP contribution in [0.4, 0.5) is 0 Å². The molecule has 0 unspecified atom stereocenters. The van der Waals surface area contributed by atoms with Crippen molar-refractivity contribution < 1.29 is 31.0 Å². The van der Waals surface area contributed by atoms with Gasteiger partial charge >= 0.3 is 5.97 Å². The van der Waals surface area contributed by atoms with Gasteiger partial charge in [0.15, 0.2) is 0 Å². The summed E-state index contributed by atoms with van der Waals surface area (Å²) in [4.78, 5) is 10.2. The molecule has 0 heterocycles. The molecule has 52 valence electrons. The first-order chi connectivity index (χ1) is 4.30. The summed E-state index contributed by atoms with van der Waals surface area (Å²) in [6, 6.07) is 8.87. The minimum absolute atomic E-state index is 0. The van der Waals surface area contributed by atoms with E-state index in [1.807, 2.05) is 0 Å². The zero-order valence-electron chi connectivity index (χ0n) is 5.07. The predicted octanol–water partition coefficient (Wildman–Crippen LogP) is 1.18. The van der Waals surface area contributed by atoms with Gasteiger partial charge in [0, 0.05) is 21.1 Å². The number of carboxylic acids is 1. The second-order valence-electron chi connectivity index (χ2n) is 1.59. The van der Waals surface area contributed by atoms with Gasteiger partial charge < -0.3 is 5.11 Å². The van der Waals surface area contributed by atoms with Crippen molar-refractivity contribution in [1.29, 1.82) is 0 Å². The topological polar surface area (TPSA) is 37.3 Å². The summed E-state index contributed by atoms with van der Waals surface area (Å²) in [7, 11) is 0. The molecule has 1 rings (SSSR count). The van der Waals surface area contributed by atoms with E-state index in [-0.39, 0.29) is 21.1 Å². The quantitative estimate of drug-likeness (QED) is 0.791. The number of carbonyl (C=O) groups is 1. The Balaban J connectivity index is 0.000000810. The average molecular weight is 305 g/mol. The normalized spacial score (nSPS) is 8.00. The first-order valence-electron chi connectivity index (χ1n) is 2.50. The van der Waals surface area contributed by atoms with Crippen molar-refractivity contribution in [3.8, 4) is 0 Å². The van der Waals surface area contributed by atoms with E-state index >= 15 is 0 Å². The van der Waals surface area contributed by atoms with Crippen LogP contribution in [-0.2, 0) is 21.1 Å². The van der Waals surface area contributed by atoms with Crippen LogP contribution in [0.2, 0.25) is 0 Å². The van der Waals surface area contributed by atoms with Gasteiger partial charge in [0.25, 0.3) is 0 Å². The Morgan fingerprint density at radius 3 is 2.20 bits per heavy atom. The third-order valence-electron chi connectivity index (χ3n) is 0.965.